The summed E-state index contributed by atoms with van der Waals surface area (Å²) < 4.78 is 13.1. The second kappa shape index (κ2) is 11.0. The third kappa shape index (κ3) is 6.06. The molecule has 9 unspecified atom stereocenters. The first-order valence-corrected chi connectivity index (χ1v) is 17.0. The average Bonchev–Trinajstić information content (AvgIpc) is 3.57. The van der Waals surface area contributed by atoms with Crippen LogP contribution in [0.15, 0.2) is 0 Å². The summed E-state index contributed by atoms with van der Waals surface area (Å²) in [4.78, 5) is 8.27. The SMILES string of the molecule is CC(C)(C)C1CC2C(CC(C)(C)N3CCCC4CC(C5COC6CN(C(C)(C)C)CC6N5)CC4C3)OCCN2C1. The first-order valence-electron chi connectivity index (χ1n) is 17.0. The zero-order valence-corrected chi connectivity index (χ0v) is 27.3. The van der Waals surface area contributed by atoms with E-state index in [0.717, 1.165) is 62.9 Å². The lowest BCUT2D eigenvalue weighted by molar-refractivity contribution is -0.0805. The molecule has 0 aromatic rings. The molecule has 5 saturated heterocycles. The van der Waals surface area contributed by atoms with Gasteiger partial charge in [0.1, 0.15) is 0 Å². The van der Waals surface area contributed by atoms with Crippen LogP contribution in [0.25, 0.3) is 0 Å². The van der Waals surface area contributed by atoms with Crippen LogP contribution < -0.4 is 5.32 Å². The van der Waals surface area contributed by atoms with Gasteiger partial charge in [0.05, 0.1) is 25.4 Å². The van der Waals surface area contributed by atoms with Gasteiger partial charge in [-0.25, -0.2) is 0 Å². The molecule has 0 amide bonds. The van der Waals surface area contributed by atoms with Crippen LogP contribution >= 0.6 is 0 Å². The molecule has 5 heterocycles. The highest BCUT2D eigenvalue weighted by Gasteiger charge is 2.49. The Morgan fingerprint density at radius 2 is 1.52 bits per heavy atom. The Hall–Kier alpha value is -0.240. The summed E-state index contributed by atoms with van der Waals surface area (Å²) in [5.41, 5.74) is 0.793. The van der Waals surface area contributed by atoms with Crippen molar-refractivity contribution in [3.05, 3.63) is 0 Å². The van der Waals surface area contributed by atoms with Crippen molar-refractivity contribution in [2.75, 3.05) is 52.5 Å². The summed E-state index contributed by atoms with van der Waals surface area (Å²) in [6.07, 6.45) is 8.76. The molecule has 0 bridgehead atoms. The highest BCUT2D eigenvalue weighted by molar-refractivity contribution is 5.03. The van der Waals surface area contributed by atoms with E-state index in [1.807, 2.05) is 0 Å². The highest BCUT2D eigenvalue weighted by Crippen LogP contribution is 2.46. The Morgan fingerprint density at radius 1 is 0.750 bits per heavy atom. The smallest absolute Gasteiger partial charge is 0.0868 e. The number of fused-ring (bicyclic) bond motifs is 3. The van der Waals surface area contributed by atoms with Crippen molar-refractivity contribution in [2.45, 2.75) is 135 Å². The summed E-state index contributed by atoms with van der Waals surface area (Å²) in [6.45, 7) is 28.3. The van der Waals surface area contributed by atoms with Crippen LogP contribution in [-0.2, 0) is 9.47 Å². The average molecular weight is 559 g/mol. The van der Waals surface area contributed by atoms with Crippen LogP contribution in [0.5, 0.6) is 0 Å². The van der Waals surface area contributed by atoms with Crippen LogP contribution in [0.3, 0.4) is 0 Å². The molecule has 6 rings (SSSR count). The predicted molar refractivity (Wildman–Crippen MR) is 164 cm³/mol. The van der Waals surface area contributed by atoms with Crippen molar-refractivity contribution in [1.82, 2.24) is 20.0 Å². The zero-order chi connectivity index (χ0) is 28.4. The number of rotatable bonds is 4. The number of morpholine rings is 2. The van der Waals surface area contributed by atoms with Crippen molar-refractivity contribution >= 4 is 0 Å². The summed E-state index contributed by atoms with van der Waals surface area (Å²) in [5.74, 6) is 3.28. The molecular formula is C34H62N4O2. The first kappa shape index (κ1) is 29.8. The topological polar surface area (TPSA) is 40.2 Å². The number of ether oxygens (including phenoxy) is 2. The first-order chi connectivity index (χ1) is 18.8. The fourth-order valence-corrected chi connectivity index (χ4v) is 9.56. The van der Waals surface area contributed by atoms with Gasteiger partial charge in [-0.15, -0.1) is 0 Å². The second-order valence-corrected chi connectivity index (χ2v) is 17.5. The van der Waals surface area contributed by atoms with E-state index in [2.05, 4.69) is 75.4 Å². The van der Waals surface area contributed by atoms with E-state index < -0.39 is 0 Å². The van der Waals surface area contributed by atoms with E-state index in [0.29, 0.717) is 35.7 Å². The van der Waals surface area contributed by atoms with Gasteiger partial charge in [0, 0.05) is 61.9 Å². The van der Waals surface area contributed by atoms with E-state index in [1.54, 1.807) is 0 Å². The van der Waals surface area contributed by atoms with Crippen molar-refractivity contribution in [3.8, 4) is 0 Å². The monoisotopic (exact) mass is 558 g/mol. The van der Waals surface area contributed by atoms with Gasteiger partial charge >= 0.3 is 0 Å². The Balaban J connectivity index is 1.06. The standard InChI is InChI=1S/C34H62N4O2/c1-32(2,3)26-16-29-30(39-13-12-36(29)19-26)17-34(7,8)37-11-9-10-23-14-24(15-25(23)18-37)28-22-40-31-21-38(33(4,5)6)20-27(31)35-28/h23-31,35H,9-22H2,1-8H3. The molecule has 9 atom stereocenters. The fourth-order valence-electron chi connectivity index (χ4n) is 9.56. The minimum absolute atomic E-state index is 0.181. The van der Waals surface area contributed by atoms with Crippen LogP contribution in [-0.4, -0.2) is 109 Å². The van der Waals surface area contributed by atoms with Gasteiger partial charge in [-0.2, -0.15) is 0 Å². The Bertz CT molecular complexity index is 880. The molecule has 6 fully saturated rings. The molecule has 1 N–H and O–H groups in total. The molecular weight excluding hydrogens is 496 g/mol. The van der Waals surface area contributed by atoms with Crippen molar-refractivity contribution in [3.63, 3.8) is 0 Å². The fraction of sp³-hybridized carbons (Fsp3) is 1.00. The number of hydrogen-bond donors (Lipinski definition) is 1. The van der Waals surface area contributed by atoms with E-state index >= 15 is 0 Å². The molecule has 230 valence electrons. The molecule has 6 aliphatic rings. The van der Waals surface area contributed by atoms with Crippen molar-refractivity contribution in [2.24, 2.45) is 29.1 Å². The maximum atomic E-state index is 6.56. The van der Waals surface area contributed by atoms with Gasteiger partial charge in [0.2, 0.25) is 0 Å². The molecule has 0 radical (unpaired) electrons. The summed E-state index contributed by atoms with van der Waals surface area (Å²) in [5, 5.41) is 4.11. The Morgan fingerprint density at radius 3 is 2.27 bits per heavy atom. The lowest BCUT2D eigenvalue weighted by Crippen LogP contribution is -2.56. The molecule has 40 heavy (non-hydrogen) atoms. The van der Waals surface area contributed by atoms with E-state index in [-0.39, 0.29) is 11.1 Å². The summed E-state index contributed by atoms with van der Waals surface area (Å²) in [6, 6.07) is 1.65. The number of nitrogens with zero attached hydrogens (tertiary/aromatic N) is 3. The normalized spacial score (nSPS) is 42.5. The maximum absolute atomic E-state index is 6.56. The molecule has 6 heteroatoms. The van der Waals surface area contributed by atoms with Gasteiger partial charge in [0.15, 0.2) is 0 Å². The number of hydrogen-bond acceptors (Lipinski definition) is 6. The van der Waals surface area contributed by atoms with E-state index in [1.165, 1.54) is 51.7 Å². The minimum atomic E-state index is 0.181. The van der Waals surface area contributed by atoms with Crippen LogP contribution in [0.1, 0.15) is 93.9 Å². The minimum Gasteiger partial charge on any atom is -0.375 e. The van der Waals surface area contributed by atoms with Crippen LogP contribution in [0.4, 0.5) is 0 Å². The summed E-state index contributed by atoms with van der Waals surface area (Å²) >= 11 is 0. The van der Waals surface area contributed by atoms with Crippen molar-refractivity contribution in [1.29, 1.82) is 0 Å². The van der Waals surface area contributed by atoms with Gasteiger partial charge in [-0.1, -0.05) is 20.8 Å². The Labute approximate surface area is 246 Å². The second-order valence-electron chi connectivity index (χ2n) is 17.5. The largest absolute Gasteiger partial charge is 0.375 e. The molecule has 6 nitrogen and oxygen atoms in total. The number of nitrogens with one attached hydrogen (secondary N) is 1. The maximum Gasteiger partial charge on any atom is 0.0868 e. The molecule has 1 aliphatic carbocycles. The molecule has 1 saturated carbocycles. The van der Waals surface area contributed by atoms with E-state index in [9.17, 15) is 0 Å². The zero-order valence-electron chi connectivity index (χ0n) is 27.3. The third-order valence-electron chi connectivity index (χ3n) is 12.4. The van der Waals surface area contributed by atoms with Crippen LogP contribution in [0, 0.1) is 29.1 Å². The molecule has 5 aliphatic heterocycles. The van der Waals surface area contributed by atoms with Gasteiger partial charge < -0.3 is 14.8 Å². The lowest BCUT2D eigenvalue weighted by atomic mass is 9.78. The third-order valence-corrected chi connectivity index (χ3v) is 12.4. The van der Waals surface area contributed by atoms with Gasteiger partial charge in [-0.05, 0) is 109 Å². The molecule has 0 spiro atoms. The van der Waals surface area contributed by atoms with Gasteiger partial charge in [-0.3, -0.25) is 14.7 Å². The Kier molecular flexibility index (Phi) is 8.23. The lowest BCUT2D eigenvalue weighted by Gasteiger charge is -2.45. The number of likely N-dealkylation sites (tertiary alicyclic amines) is 2. The predicted octanol–water partition coefficient (Wildman–Crippen LogP) is 4.87. The summed E-state index contributed by atoms with van der Waals surface area (Å²) in [7, 11) is 0. The molecule has 0 aromatic heterocycles. The quantitative estimate of drug-likeness (QED) is 0.531. The highest BCUT2D eigenvalue weighted by atomic mass is 16.5. The van der Waals surface area contributed by atoms with E-state index in [4.69, 9.17) is 9.47 Å². The van der Waals surface area contributed by atoms with Crippen molar-refractivity contribution < 1.29 is 9.47 Å². The van der Waals surface area contributed by atoms with Gasteiger partial charge in [0.25, 0.3) is 0 Å². The van der Waals surface area contributed by atoms with Crippen LogP contribution in [0.2, 0.25) is 0 Å². The molecule has 0 aromatic carbocycles.